The number of nitrogens with zero attached hydrogens (tertiary/aromatic N) is 2. The first-order valence-electron chi connectivity index (χ1n) is 7.75. The number of rotatable bonds is 3. The van der Waals surface area contributed by atoms with Crippen LogP contribution in [-0.4, -0.2) is 30.4 Å². The molecule has 116 valence electrons. The van der Waals surface area contributed by atoms with E-state index in [9.17, 15) is 4.79 Å². The SMILES string of the molecule is CN1CC[C@@H](c2ccccc2)[C@H]1C(=O)Nc1ccc(C#N)cc1. The van der Waals surface area contributed by atoms with Crippen LogP contribution in [0.3, 0.4) is 0 Å². The quantitative estimate of drug-likeness (QED) is 0.948. The molecule has 1 fully saturated rings. The highest BCUT2D eigenvalue weighted by atomic mass is 16.2. The van der Waals surface area contributed by atoms with E-state index in [0.717, 1.165) is 18.7 Å². The molecule has 0 aliphatic carbocycles. The van der Waals surface area contributed by atoms with E-state index in [-0.39, 0.29) is 17.9 Å². The minimum atomic E-state index is -0.173. The number of hydrogen-bond donors (Lipinski definition) is 1. The molecule has 3 rings (SSSR count). The summed E-state index contributed by atoms with van der Waals surface area (Å²) in [5.41, 5.74) is 2.51. The molecule has 1 amide bonds. The normalized spacial score (nSPS) is 20.9. The Morgan fingerprint density at radius 2 is 1.87 bits per heavy atom. The first kappa shape index (κ1) is 15.3. The first-order chi connectivity index (χ1) is 11.2. The number of likely N-dealkylation sites (tertiary alicyclic amines) is 1. The van der Waals surface area contributed by atoms with Crippen LogP contribution in [0.1, 0.15) is 23.5 Å². The van der Waals surface area contributed by atoms with Crippen molar-refractivity contribution >= 4 is 11.6 Å². The number of likely N-dealkylation sites (N-methyl/N-ethyl adjacent to an activating group) is 1. The lowest BCUT2D eigenvalue weighted by molar-refractivity contribution is -0.120. The number of nitriles is 1. The van der Waals surface area contributed by atoms with Gasteiger partial charge in [0.05, 0.1) is 17.7 Å². The molecule has 2 aromatic rings. The highest BCUT2D eigenvalue weighted by Crippen LogP contribution is 2.33. The van der Waals surface area contributed by atoms with Crippen molar-refractivity contribution in [3.8, 4) is 6.07 Å². The smallest absolute Gasteiger partial charge is 0.242 e. The topological polar surface area (TPSA) is 56.1 Å². The third-order valence-corrected chi connectivity index (χ3v) is 4.43. The van der Waals surface area contributed by atoms with Gasteiger partial charge in [-0.15, -0.1) is 0 Å². The molecule has 0 saturated carbocycles. The summed E-state index contributed by atoms with van der Waals surface area (Å²) in [7, 11) is 1.99. The van der Waals surface area contributed by atoms with Gasteiger partial charge in [0.25, 0.3) is 0 Å². The van der Waals surface area contributed by atoms with Gasteiger partial charge in [0.2, 0.25) is 5.91 Å². The Hall–Kier alpha value is -2.64. The van der Waals surface area contributed by atoms with Crippen LogP contribution in [0.25, 0.3) is 0 Å². The first-order valence-corrected chi connectivity index (χ1v) is 7.75. The summed E-state index contributed by atoms with van der Waals surface area (Å²) in [5.74, 6) is 0.211. The maximum absolute atomic E-state index is 12.7. The number of hydrogen-bond acceptors (Lipinski definition) is 3. The molecule has 0 bridgehead atoms. The molecule has 1 aliphatic rings. The monoisotopic (exact) mass is 305 g/mol. The van der Waals surface area contributed by atoms with Crippen LogP contribution in [-0.2, 0) is 4.79 Å². The minimum Gasteiger partial charge on any atom is -0.325 e. The van der Waals surface area contributed by atoms with Gasteiger partial charge in [-0.2, -0.15) is 5.26 Å². The van der Waals surface area contributed by atoms with Crippen LogP contribution >= 0.6 is 0 Å². The third-order valence-electron chi connectivity index (χ3n) is 4.43. The minimum absolute atomic E-state index is 0.00330. The van der Waals surface area contributed by atoms with Crippen molar-refractivity contribution in [1.82, 2.24) is 4.90 Å². The van der Waals surface area contributed by atoms with Gasteiger partial charge < -0.3 is 5.32 Å². The van der Waals surface area contributed by atoms with Gasteiger partial charge in [-0.1, -0.05) is 30.3 Å². The molecule has 0 unspecified atom stereocenters. The van der Waals surface area contributed by atoms with Gasteiger partial charge in [-0.3, -0.25) is 9.69 Å². The van der Waals surface area contributed by atoms with Crippen LogP contribution in [0.4, 0.5) is 5.69 Å². The fourth-order valence-corrected chi connectivity index (χ4v) is 3.22. The lowest BCUT2D eigenvalue weighted by Gasteiger charge is -2.24. The molecule has 0 aromatic heterocycles. The predicted molar refractivity (Wildman–Crippen MR) is 90.0 cm³/mol. The number of nitrogens with one attached hydrogen (secondary N) is 1. The van der Waals surface area contributed by atoms with E-state index in [4.69, 9.17) is 5.26 Å². The van der Waals surface area contributed by atoms with Gasteiger partial charge in [0.15, 0.2) is 0 Å². The predicted octanol–water partition coefficient (Wildman–Crippen LogP) is 2.98. The molecule has 1 heterocycles. The number of amides is 1. The van der Waals surface area contributed by atoms with E-state index in [1.807, 2.05) is 25.2 Å². The van der Waals surface area contributed by atoms with Crippen LogP contribution in [0.15, 0.2) is 54.6 Å². The van der Waals surface area contributed by atoms with Gasteiger partial charge in [-0.05, 0) is 49.8 Å². The average molecular weight is 305 g/mol. The Balaban J connectivity index is 1.77. The van der Waals surface area contributed by atoms with Gasteiger partial charge in [-0.25, -0.2) is 0 Å². The summed E-state index contributed by atoms with van der Waals surface area (Å²) >= 11 is 0. The molecular weight excluding hydrogens is 286 g/mol. The van der Waals surface area contributed by atoms with Crippen LogP contribution in [0, 0.1) is 11.3 Å². The Morgan fingerprint density at radius 3 is 2.52 bits per heavy atom. The standard InChI is InChI=1S/C19H19N3O/c1-22-12-11-17(15-5-3-2-4-6-15)18(22)19(23)21-16-9-7-14(13-20)8-10-16/h2-10,17-18H,11-12H2,1H3,(H,21,23)/t17-,18-/m0/s1. The molecule has 1 aliphatic heterocycles. The molecule has 0 spiro atoms. The molecule has 1 N–H and O–H groups in total. The lowest BCUT2D eigenvalue weighted by atomic mass is 9.91. The fourth-order valence-electron chi connectivity index (χ4n) is 3.22. The summed E-state index contributed by atoms with van der Waals surface area (Å²) in [4.78, 5) is 14.9. The van der Waals surface area contributed by atoms with E-state index in [1.165, 1.54) is 5.56 Å². The van der Waals surface area contributed by atoms with Crippen molar-refractivity contribution in [2.45, 2.75) is 18.4 Å². The molecule has 1 saturated heterocycles. The third kappa shape index (κ3) is 3.25. The van der Waals surface area contributed by atoms with Gasteiger partial charge in [0, 0.05) is 11.6 Å². The number of carbonyl (C=O) groups excluding carboxylic acids is 1. The maximum atomic E-state index is 12.7. The molecule has 4 nitrogen and oxygen atoms in total. The summed E-state index contributed by atoms with van der Waals surface area (Å²) in [6, 6.07) is 19.1. The van der Waals surface area contributed by atoms with Crippen molar-refractivity contribution < 1.29 is 4.79 Å². The summed E-state index contributed by atoms with van der Waals surface area (Å²) in [5, 5.41) is 11.8. The Morgan fingerprint density at radius 1 is 1.17 bits per heavy atom. The zero-order chi connectivity index (χ0) is 16.2. The molecule has 4 heteroatoms. The second kappa shape index (κ2) is 6.64. The molecule has 23 heavy (non-hydrogen) atoms. The van der Waals surface area contributed by atoms with Crippen molar-refractivity contribution in [2.75, 3.05) is 18.9 Å². The molecular formula is C19H19N3O. The zero-order valence-electron chi connectivity index (χ0n) is 13.1. The maximum Gasteiger partial charge on any atom is 0.242 e. The van der Waals surface area contributed by atoms with Gasteiger partial charge >= 0.3 is 0 Å². The van der Waals surface area contributed by atoms with Crippen LogP contribution in [0.2, 0.25) is 0 Å². The second-order valence-corrected chi connectivity index (χ2v) is 5.91. The number of benzene rings is 2. The van der Waals surface area contributed by atoms with E-state index >= 15 is 0 Å². The summed E-state index contributed by atoms with van der Waals surface area (Å²) in [6.07, 6.45) is 0.978. The number of carbonyl (C=O) groups is 1. The van der Waals surface area contributed by atoms with Crippen molar-refractivity contribution in [3.63, 3.8) is 0 Å². The Bertz CT molecular complexity index is 719. The fraction of sp³-hybridized carbons (Fsp3) is 0.263. The molecule has 2 atom stereocenters. The Kier molecular flexibility index (Phi) is 4.40. The zero-order valence-corrected chi connectivity index (χ0v) is 13.1. The second-order valence-electron chi connectivity index (χ2n) is 5.91. The van der Waals surface area contributed by atoms with Crippen molar-refractivity contribution in [2.24, 2.45) is 0 Å². The van der Waals surface area contributed by atoms with Crippen molar-refractivity contribution in [1.29, 1.82) is 5.26 Å². The summed E-state index contributed by atoms with van der Waals surface area (Å²) < 4.78 is 0. The summed E-state index contributed by atoms with van der Waals surface area (Å²) in [6.45, 7) is 0.908. The Labute approximate surface area is 136 Å². The average Bonchev–Trinajstić information content (AvgIpc) is 2.98. The van der Waals surface area contributed by atoms with Crippen LogP contribution in [0.5, 0.6) is 0 Å². The highest BCUT2D eigenvalue weighted by Gasteiger charge is 2.37. The molecule has 0 radical (unpaired) electrons. The largest absolute Gasteiger partial charge is 0.325 e. The lowest BCUT2D eigenvalue weighted by Crippen LogP contribution is -2.40. The van der Waals surface area contributed by atoms with E-state index in [1.54, 1.807) is 24.3 Å². The van der Waals surface area contributed by atoms with Gasteiger partial charge in [0.1, 0.15) is 0 Å². The molecule has 2 aromatic carbocycles. The number of anilines is 1. The van der Waals surface area contributed by atoms with Crippen LogP contribution < -0.4 is 5.32 Å². The highest BCUT2D eigenvalue weighted by molar-refractivity contribution is 5.95. The van der Waals surface area contributed by atoms with E-state index in [2.05, 4.69) is 28.4 Å². The van der Waals surface area contributed by atoms with E-state index < -0.39 is 0 Å². The van der Waals surface area contributed by atoms with E-state index in [0.29, 0.717) is 5.56 Å². The van der Waals surface area contributed by atoms with Crippen molar-refractivity contribution in [3.05, 3.63) is 65.7 Å².